The third-order valence-electron chi connectivity index (χ3n) is 22.8. The molecule has 17 atom stereocenters. The number of hydrogen-bond acceptors (Lipinski definition) is 18. The third kappa shape index (κ3) is 46.6. The summed E-state index contributed by atoms with van der Waals surface area (Å²) in [5, 5.41) is 121. The molecule has 0 spiro atoms. The topological polar surface area (TPSA) is 307 Å². The van der Waals surface area contributed by atoms with Gasteiger partial charge in [-0.3, -0.25) is 4.79 Å². The van der Waals surface area contributed by atoms with Gasteiger partial charge in [0.05, 0.1) is 38.6 Å². The monoisotopic (exact) mass is 1510 g/mol. The first-order valence-corrected chi connectivity index (χ1v) is 44.9. The first kappa shape index (κ1) is 98.7. The van der Waals surface area contributed by atoms with Crippen LogP contribution in [0.1, 0.15) is 406 Å². The number of ether oxygens (including phenoxy) is 6. The number of rotatable bonds is 74. The molecule has 3 fully saturated rings. The van der Waals surface area contributed by atoms with Crippen LogP contribution in [0.2, 0.25) is 0 Å². The number of aliphatic hydroxyl groups excluding tert-OH is 11. The molecule has 0 aliphatic carbocycles. The van der Waals surface area contributed by atoms with Gasteiger partial charge in [-0.05, 0) is 19.3 Å². The number of hydrogen-bond donors (Lipinski definition) is 12. The summed E-state index contributed by atoms with van der Waals surface area (Å²) in [7, 11) is 0. The van der Waals surface area contributed by atoms with Gasteiger partial charge in [0.1, 0.15) is 73.2 Å². The lowest BCUT2D eigenvalue weighted by molar-refractivity contribution is -0.379. The lowest BCUT2D eigenvalue weighted by atomic mass is 9.96. The Hall–Kier alpha value is -1.47. The Morgan fingerprint density at radius 1 is 0.330 bits per heavy atom. The zero-order valence-corrected chi connectivity index (χ0v) is 67.7. The van der Waals surface area contributed by atoms with Crippen LogP contribution >= 0.6 is 0 Å². The van der Waals surface area contributed by atoms with Crippen LogP contribution in [0.5, 0.6) is 0 Å². The normalized spacial score (nSPS) is 25.6. The number of allylic oxidation sites excluding steroid dienone is 1. The Bertz CT molecular complexity index is 1960. The summed E-state index contributed by atoms with van der Waals surface area (Å²) >= 11 is 0. The van der Waals surface area contributed by atoms with Gasteiger partial charge in [-0.2, -0.15) is 0 Å². The number of unbranched alkanes of at least 4 members (excludes halogenated alkanes) is 58. The molecule has 19 heteroatoms. The Balaban J connectivity index is 1.33. The van der Waals surface area contributed by atoms with Gasteiger partial charge < -0.3 is 89.9 Å². The lowest BCUT2D eigenvalue weighted by Gasteiger charge is -2.48. The predicted molar refractivity (Wildman–Crippen MR) is 425 cm³/mol. The summed E-state index contributed by atoms with van der Waals surface area (Å²) < 4.78 is 34.5. The van der Waals surface area contributed by atoms with Gasteiger partial charge in [0.2, 0.25) is 5.91 Å². The molecule has 0 saturated carbocycles. The van der Waals surface area contributed by atoms with E-state index in [1.807, 2.05) is 6.08 Å². The molecule has 3 aliphatic rings. The van der Waals surface area contributed by atoms with Gasteiger partial charge in [0, 0.05) is 6.42 Å². The lowest BCUT2D eigenvalue weighted by Crippen LogP contribution is -2.66. The quantitative estimate of drug-likeness (QED) is 0.0199. The highest BCUT2D eigenvalue weighted by Gasteiger charge is 2.54. The number of carbonyl (C=O) groups is 1. The molecule has 0 aromatic rings. The fourth-order valence-corrected chi connectivity index (χ4v) is 15.7. The van der Waals surface area contributed by atoms with Crippen molar-refractivity contribution in [1.82, 2.24) is 5.32 Å². The van der Waals surface area contributed by atoms with E-state index < -0.39 is 124 Å². The molecular formula is C87H167NO18. The fourth-order valence-electron chi connectivity index (χ4n) is 15.7. The predicted octanol–water partition coefficient (Wildman–Crippen LogP) is 16.7. The van der Waals surface area contributed by atoms with Gasteiger partial charge >= 0.3 is 0 Å². The largest absolute Gasteiger partial charge is 0.394 e. The van der Waals surface area contributed by atoms with Crippen molar-refractivity contribution in [3.8, 4) is 0 Å². The zero-order valence-electron chi connectivity index (χ0n) is 67.7. The Labute approximate surface area is 646 Å². The van der Waals surface area contributed by atoms with Gasteiger partial charge in [-0.1, -0.05) is 392 Å². The molecule has 0 bridgehead atoms. The highest BCUT2D eigenvalue weighted by molar-refractivity contribution is 5.76. The van der Waals surface area contributed by atoms with Gasteiger partial charge in [0.25, 0.3) is 0 Å². The highest BCUT2D eigenvalue weighted by Crippen LogP contribution is 2.34. The molecular weight excluding hydrogens is 1350 g/mol. The van der Waals surface area contributed by atoms with E-state index >= 15 is 0 Å². The van der Waals surface area contributed by atoms with Crippen molar-refractivity contribution < 1.29 is 89.4 Å². The highest BCUT2D eigenvalue weighted by atomic mass is 16.8. The average Bonchev–Trinajstić information content (AvgIpc) is 0.781. The molecule has 3 rings (SSSR count). The van der Waals surface area contributed by atoms with Gasteiger partial charge in [-0.25, -0.2) is 0 Å². The van der Waals surface area contributed by atoms with E-state index in [1.165, 1.54) is 334 Å². The Kier molecular flexibility index (Phi) is 63.3. The summed E-state index contributed by atoms with van der Waals surface area (Å²) in [6.45, 7) is 1.82. The molecule has 628 valence electrons. The molecule has 0 radical (unpaired) electrons. The molecule has 17 unspecified atom stereocenters. The van der Waals surface area contributed by atoms with Crippen LogP contribution in [0, 0.1) is 0 Å². The molecule has 1 amide bonds. The second kappa shape index (κ2) is 68.0. The van der Waals surface area contributed by atoms with E-state index in [4.69, 9.17) is 28.4 Å². The zero-order chi connectivity index (χ0) is 76.7. The minimum Gasteiger partial charge on any atom is -0.394 e. The Morgan fingerprint density at radius 2 is 0.585 bits per heavy atom. The van der Waals surface area contributed by atoms with Crippen LogP contribution in [0.25, 0.3) is 0 Å². The number of nitrogens with one attached hydrogen (secondary N) is 1. The first-order valence-electron chi connectivity index (χ1n) is 44.9. The molecule has 3 saturated heterocycles. The van der Waals surface area contributed by atoms with Crippen LogP contribution in [0.15, 0.2) is 12.2 Å². The van der Waals surface area contributed by atoms with Crippen LogP contribution in [0.3, 0.4) is 0 Å². The van der Waals surface area contributed by atoms with Crippen molar-refractivity contribution in [2.75, 3.05) is 26.4 Å². The molecule has 106 heavy (non-hydrogen) atoms. The fraction of sp³-hybridized carbons (Fsp3) is 0.966. The standard InChI is InChI=1S/C87H167NO18/c1-3-5-7-9-11-13-15-17-19-21-23-25-27-29-31-33-34-35-36-37-39-41-43-45-47-49-51-53-55-57-59-61-63-65-75(93)88-70(71(92)64-62-60-58-56-54-52-50-48-46-44-42-40-38-32-30-28-26-24-22-20-18-16-14-12-10-8-6-4-2)69-101-85-81(99)78(96)83(73(67-90)103-85)106-87-82(100)79(97)84(74(68-91)104-87)105-86-80(98)77(95)76(94)72(66-89)102-86/h62,64,70-74,76-87,89-92,94-100H,3-61,63,65-69H2,1-2H3,(H,88,93)/b64-62+. The number of aliphatic hydroxyl groups is 11. The molecule has 3 aliphatic heterocycles. The number of amides is 1. The first-order chi connectivity index (χ1) is 51.8. The van der Waals surface area contributed by atoms with E-state index in [2.05, 4.69) is 19.2 Å². The average molecular weight is 1520 g/mol. The summed E-state index contributed by atoms with van der Waals surface area (Å²) in [6, 6.07) is -0.971. The van der Waals surface area contributed by atoms with Crippen LogP contribution in [0.4, 0.5) is 0 Å². The summed E-state index contributed by atoms with van der Waals surface area (Å²) in [5.41, 5.74) is 0. The molecule has 0 aromatic heterocycles. The van der Waals surface area contributed by atoms with E-state index in [0.29, 0.717) is 6.42 Å². The maximum absolute atomic E-state index is 13.5. The molecule has 19 nitrogen and oxygen atoms in total. The second-order valence-corrected chi connectivity index (χ2v) is 32.4. The molecule has 0 aromatic carbocycles. The van der Waals surface area contributed by atoms with Crippen molar-refractivity contribution in [2.45, 2.75) is 510 Å². The summed E-state index contributed by atoms with van der Waals surface area (Å²) in [4.78, 5) is 13.5. The van der Waals surface area contributed by atoms with E-state index in [1.54, 1.807) is 6.08 Å². The maximum Gasteiger partial charge on any atom is 0.220 e. The van der Waals surface area contributed by atoms with E-state index in [0.717, 1.165) is 44.9 Å². The second-order valence-electron chi connectivity index (χ2n) is 32.4. The molecule has 3 heterocycles. The minimum absolute atomic E-state index is 0.251. The molecule has 12 N–H and O–H groups in total. The maximum atomic E-state index is 13.5. The van der Waals surface area contributed by atoms with Crippen LogP contribution < -0.4 is 5.32 Å². The van der Waals surface area contributed by atoms with E-state index in [-0.39, 0.29) is 18.9 Å². The summed E-state index contributed by atoms with van der Waals surface area (Å²) in [5.74, 6) is -0.265. The minimum atomic E-state index is -1.98. The van der Waals surface area contributed by atoms with Crippen LogP contribution in [-0.2, 0) is 33.2 Å². The van der Waals surface area contributed by atoms with Crippen molar-refractivity contribution in [3.05, 3.63) is 12.2 Å². The summed E-state index contributed by atoms with van der Waals surface area (Å²) in [6.07, 6.45) is 56.5. The smallest absolute Gasteiger partial charge is 0.220 e. The van der Waals surface area contributed by atoms with Crippen molar-refractivity contribution in [2.24, 2.45) is 0 Å². The van der Waals surface area contributed by atoms with Gasteiger partial charge in [0.15, 0.2) is 18.9 Å². The number of carbonyl (C=O) groups excluding carboxylic acids is 1. The third-order valence-corrected chi connectivity index (χ3v) is 22.8. The van der Waals surface area contributed by atoms with Gasteiger partial charge in [-0.15, -0.1) is 0 Å². The van der Waals surface area contributed by atoms with Crippen LogP contribution in [-0.4, -0.2) is 193 Å². The Morgan fingerprint density at radius 3 is 0.887 bits per heavy atom. The SMILES string of the molecule is CCCCCCCCCCCCCCCCCCCCCCCCCCCC/C=C/C(O)C(COC1OC(CO)C(OC2OC(CO)C(OC3OC(CO)C(O)C(O)C3O)C(O)C2O)C(O)C1O)NC(=O)CCCCCCCCCCCCCCCCCCCCCCCCCCCCCCCCCCC. The van der Waals surface area contributed by atoms with Crippen molar-refractivity contribution in [1.29, 1.82) is 0 Å². The van der Waals surface area contributed by atoms with Crippen molar-refractivity contribution >= 4 is 5.91 Å². The van der Waals surface area contributed by atoms with E-state index in [9.17, 15) is 61.0 Å². The van der Waals surface area contributed by atoms with Crippen molar-refractivity contribution in [3.63, 3.8) is 0 Å².